The van der Waals surface area contributed by atoms with Crippen LogP contribution < -0.4 is 5.73 Å². The van der Waals surface area contributed by atoms with Gasteiger partial charge in [-0.2, -0.15) is 5.26 Å². The molecule has 0 unspecified atom stereocenters. The summed E-state index contributed by atoms with van der Waals surface area (Å²) < 4.78 is 7.34. The van der Waals surface area contributed by atoms with Crippen LogP contribution in [0.2, 0.25) is 0 Å². The van der Waals surface area contributed by atoms with Gasteiger partial charge in [-0.15, -0.1) is 0 Å². The lowest BCUT2D eigenvalue weighted by molar-refractivity contribution is 0.0593. The minimum absolute atomic E-state index is 0.134. The molecule has 2 aromatic rings. The van der Waals surface area contributed by atoms with Crippen LogP contribution in [0, 0.1) is 11.3 Å². The lowest BCUT2D eigenvalue weighted by Crippen LogP contribution is -2.12. The Balaban J connectivity index is 2.75. The average molecular weight is 348 g/mol. The smallest absolute Gasteiger partial charge is 0.357 e. The molecule has 0 aliphatic carbocycles. The molecule has 6 heteroatoms. The number of nitrogens with zero attached hydrogens (tertiary/aromatic N) is 2. The number of nitrogens with two attached hydrogens (primary N) is 1. The number of anilines is 1. The predicted molar refractivity (Wildman–Crippen MR) is 83.3 cm³/mol. The number of benzene rings is 1. The molecule has 0 saturated carbocycles. The highest BCUT2D eigenvalue weighted by Gasteiger charge is 2.22. The maximum absolute atomic E-state index is 12.0. The molecule has 0 spiro atoms. The van der Waals surface area contributed by atoms with E-state index in [0.29, 0.717) is 0 Å². The van der Waals surface area contributed by atoms with Crippen LogP contribution in [0.4, 0.5) is 5.69 Å². The summed E-state index contributed by atoms with van der Waals surface area (Å²) in [6.45, 7) is 2.02. The molecule has 0 aliphatic rings. The summed E-state index contributed by atoms with van der Waals surface area (Å²) in [5.74, 6) is -0.570. The summed E-state index contributed by atoms with van der Waals surface area (Å²) in [6, 6.07) is 7.71. The molecule has 1 heterocycles. The summed E-state index contributed by atoms with van der Waals surface area (Å²) in [7, 11) is 1.29. The van der Waals surface area contributed by atoms with Gasteiger partial charge < -0.3 is 15.0 Å². The summed E-state index contributed by atoms with van der Waals surface area (Å²) in [5, 5.41) is 9.13. The van der Waals surface area contributed by atoms with Crippen molar-refractivity contribution < 1.29 is 9.53 Å². The molecule has 0 bridgehead atoms. The molecule has 5 nitrogen and oxygen atoms in total. The molecule has 0 aliphatic heterocycles. The highest BCUT2D eigenvalue weighted by atomic mass is 79.9. The Morgan fingerprint density at radius 2 is 2.24 bits per heavy atom. The standard InChI is InChI=1S/C15H14BrN3O2/c1-3-9-6-11(16)4-5-12(9)19-8-10(7-17)13(18)14(19)15(20)21-2/h4-6,8H,3,18H2,1-2H3. The number of hydrogen-bond acceptors (Lipinski definition) is 4. The first kappa shape index (κ1) is 15.1. The number of nitriles is 1. The molecule has 0 radical (unpaired) electrons. The third-order valence-electron chi connectivity index (χ3n) is 3.23. The normalized spacial score (nSPS) is 10.2. The number of carbonyl (C=O) groups is 1. The fraction of sp³-hybridized carbons (Fsp3) is 0.200. The van der Waals surface area contributed by atoms with E-state index in [-0.39, 0.29) is 16.9 Å². The topological polar surface area (TPSA) is 81.0 Å². The molecular weight excluding hydrogens is 334 g/mol. The van der Waals surface area contributed by atoms with Crippen molar-refractivity contribution in [1.82, 2.24) is 4.57 Å². The maximum atomic E-state index is 12.0. The van der Waals surface area contributed by atoms with Crippen molar-refractivity contribution in [3.05, 3.63) is 45.7 Å². The van der Waals surface area contributed by atoms with Crippen molar-refractivity contribution in [1.29, 1.82) is 5.26 Å². The summed E-state index contributed by atoms with van der Waals surface area (Å²) >= 11 is 3.43. The zero-order valence-corrected chi connectivity index (χ0v) is 13.3. The zero-order chi connectivity index (χ0) is 15.6. The molecule has 0 fully saturated rings. The minimum Gasteiger partial charge on any atom is -0.464 e. The first-order valence-corrected chi connectivity index (χ1v) is 7.10. The molecule has 108 valence electrons. The van der Waals surface area contributed by atoms with E-state index in [1.165, 1.54) is 7.11 Å². The number of ether oxygens (including phenoxy) is 1. The van der Waals surface area contributed by atoms with Crippen LogP contribution in [-0.4, -0.2) is 17.6 Å². The second kappa shape index (κ2) is 6.02. The van der Waals surface area contributed by atoms with Crippen molar-refractivity contribution in [2.24, 2.45) is 0 Å². The number of halogens is 1. The molecule has 0 saturated heterocycles. The Hall–Kier alpha value is -2.26. The van der Waals surface area contributed by atoms with Gasteiger partial charge in [0.1, 0.15) is 6.07 Å². The summed E-state index contributed by atoms with van der Waals surface area (Å²) in [5.41, 5.74) is 8.28. The van der Waals surface area contributed by atoms with Gasteiger partial charge in [0, 0.05) is 16.4 Å². The van der Waals surface area contributed by atoms with Gasteiger partial charge in [0.2, 0.25) is 0 Å². The molecule has 1 aromatic heterocycles. The van der Waals surface area contributed by atoms with Gasteiger partial charge in [-0.05, 0) is 30.2 Å². The maximum Gasteiger partial charge on any atom is 0.357 e. The van der Waals surface area contributed by atoms with E-state index >= 15 is 0 Å². The molecule has 2 rings (SSSR count). The Kier molecular flexibility index (Phi) is 4.34. The van der Waals surface area contributed by atoms with Gasteiger partial charge in [-0.25, -0.2) is 4.79 Å². The van der Waals surface area contributed by atoms with Gasteiger partial charge >= 0.3 is 5.97 Å². The molecule has 0 atom stereocenters. The highest BCUT2D eigenvalue weighted by Crippen LogP contribution is 2.28. The molecule has 0 amide bonds. The fourth-order valence-corrected chi connectivity index (χ4v) is 2.59. The molecule has 2 N–H and O–H groups in total. The van der Waals surface area contributed by atoms with E-state index in [4.69, 9.17) is 15.7 Å². The lowest BCUT2D eigenvalue weighted by Gasteiger charge is -2.13. The minimum atomic E-state index is -0.570. The number of aryl methyl sites for hydroxylation is 1. The number of esters is 1. The van der Waals surface area contributed by atoms with Crippen molar-refractivity contribution in [2.45, 2.75) is 13.3 Å². The van der Waals surface area contributed by atoms with Crippen molar-refractivity contribution in [3.63, 3.8) is 0 Å². The molecular formula is C15H14BrN3O2. The second-order valence-electron chi connectivity index (χ2n) is 4.41. The van der Waals surface area contributed by atoms with E-state index in [1.54, 1.807) is 10.8 Å². The van der Waals surface area contributed by atoms with Crippen LogP contribution in [0.3, 0.4) is 0 Å². The third kappa shape index (κ3) is 2.65. The number of aromatic nitrogens is 1. The van der Waals surface area contributed by atoms with E-state index in [2.05, 4.69) is 15.9 Å². The SMILES string of the molecule is CCc1cc(Br)ccc1-n1cc(C#N)c(N)c1C(=O)OC. The largest absolute Gasteiger partial charge is 0.464 e. The van der Waals surface area contributed by atoms with Crippen LogP contribution in [0.25, 0.3) is 5.69 Å². The first-order valence-electron chi connectivity index (χ1n) is 6.31. The fourth-order valence-electron chi connectivity index (χ4n) is 2.18. The first-order chi connectivity index (χ1) is 10.0. The Morgan fingerprint density at radius 3 is 2.81 bits per heavy atom. The van der Waals surface area contributed by atoms with Crippen LogP contribution in [0.5, 0.6) is 0 Å². The summed E-state index contributed by atoms with van der Waals surface area (Å²) in [6.07, 6.45) is 2.33. The highest BCUT2D eigenvalue weighted by molar-refractivity contribution is 9.10. The van der Waals surface area contributed by atoms with Crippen LogP contribution in [0.15, 0.2) is 28.9 Å². The average Bonchev–Trinajstić information content (AvgIpc) is 2.82. The van der Waals surface area contributed by atoms with Gasteiger partial charge in [0.05, 0.1) is 18.4 Å². The zero-order valence-electron chi connectivity index (χ0n) is 11.7. The number of rotatable bonds is 3. The van der Waals surface area contributed by atoms with Gasteiger partial charge in [0.15, 0.2) is 5.69 Å². The number of carbonyl (C=O) groups excluding carboxylic acids is 1. The van der Waals surface area contributed by atoms with E-state index in [1.807, 2.05) is 31.2 Å². The number of methoxy groups -OCH3 is 1. The quantitative estimate of drug-likeness (QED) is 0.865. The lowest BCUT2D eigenvalue weighted by atomic mass is 10.1. The van der Waals surface area contributed by atoms with Crippen LogP contribution in [-0.2, 0) is 11.2 Å². The molecule has 1 aromatic carbocycles. The van der Waals surface area contributed by atoms with E-state index in [9.17, 15) is 4.79 Å². The van der Waals surface area contributed by atoms with Crippen LogP contribution >= 0.6 is 15.9 Å². The predicted octanol–water partition coefficient (Wildman–Crippen LogP) is 3.04. The summed E-state index contributed by atoms with van der Waals surface area (Å²) in [4.78, 5) is 12.0. The van der Waals surface area contributed by atoms with Crippen molar-refractivity contribution in [3.8, 4) is 11.8 Å². The van der Waals surface area contributed by atoms with Gasteiger partial charge in [-0.3, -0.25) is 0 Å². The monoisotopic (exact) mass is 347 g/mol. The van der Waals surface area contributed by atoms with E-state index in [0.717, 1.165) is 22.1 Å². The number of nitrogen functional groups attached to an aromatic ring is 1. The third-order valence-corrected chi connectivity index (χ3v) is 3.72. The van der Waals surface area contributed by atoms with E-state index < -0.39 is 5.97 Å². The van der Waals surface area contributed by atoms with Gasteiger partial charge in [-0.1, -0.05) is 22.9 Å². The Bertz CT molecular complexity index is 744. The second-order valence-corrected chi connectivity index (χ2v) is 5.32. The number of hydrogen-bond donors (Lipinski definition) is 1. The van der Waals surface area contributed by atoms with Crippen LogP contribution in [0.1, 0.15) is 28.5 Å². The van der Waals surface area contributed by atoms with Gasteiger partial charge in [0.25, 0.3) is 0 Å². The Labute approximate surface area is 131 Å². The Morgan fingerprint density at radius 1 is 1.52 bits per heavy atom. The van der Waals surface area contributed by atoms with Crippen molar-refractivity contribution in [2.75, 3.05) is 12.8 Å². The molecule has 21 heavy (non-hydrogen) atoms. The van der Waals surface area contributed by atoms with Crippen molar-refractivity contribution >= 4 is 27.6 Å².